The van der Waals surface area contributed by atoms with Gasteiger partial charge in [-0.2, -0.15) is 0 Å². The molecule has 0 saturated carbocycles. The first-order valence-corrected chi connectivity index (χ1v) is 7.36. The Kier molecular flexibility index (Phi) is 5.59. The van der Waals surface area contributed by atoms with Crippen molar-refractivity contribution in [3.63, 3.8) is 0 Å². The fourth-order valence-electron chi connectivity index (χ4n) is 2.08. The molecule has 2 nitrogen and oxygen atoms in total. The Bertz CT molecular complexity index is 570. The van der Waals surface area contributed by atoms with Crippen molar-refractivity contribution < 1.29 is 4.74 Å². The molecule has 0 aliphatic rings. The molecule has 0 bridgehead atoms. The van der Waals surface area contributed by atoms with Gasteiger partial charge >= 0.3 is 0 Å². The lowest BCUT2D eigenvalue weighted by molar-refractivity contribution is 0.306. The molecule has 2 heteroatoms. The van der Waals surface area contributed by atoms with E-state index in [1.54, 1.807) is 0 Å². The van der Waals surface area contributed by atoms with Crippen molar-refractivity contribution in [2.45, 2.75) is 20.5 Å². The number of benzene rings is 2. The van der Waals surface area contributed by atoms with Gasteiger partial charge in [0.05, 0.1) is 0 Å². The van der Waals surface area contributed by atoms with E-state index in [1.807, 2.05) is 30.3 Å². The average molecular weight is 281 g/mol. The minimum atomic E-state index is 0.476. The summed E-state index contributed by atoms with van der Waals surface area (Å²) in [5.41, 5.74) is 9.36. The second-order valence-corrected chi connectivity index (χ2v) is 5.42. The zero-order valence-electron chi connectivity index (χ0n) is 12.8. The minimum Gasteiger partial charge on any atom is -0.489 e. The molecule has 0 radical (unpaired) electrons. The van der Waals surface area contributed by atoms with E-state index < -0.39 is 0 Å². The maximum atomic E-state index is 5.78. The van der Waals surface area contributed by atoms with Crippen LogP contribution in [-0.4, -0.2) is 6.54 Å². The van der Waals surface area contributed by atoms with Crippen molar-refractivity contribution in [3.8, 4) is 5.75 Å². The summed E-state index contributed by atoms with van der Waals surface area (Å²) in [6, 6.07) is 18.3. The van der Waals surface area contributed by atoms with Crippen LogP contribution in [0.4, 0.5) is 0 Å². The molecule has 0 aliphatic heterocycles. The zero-order valence-corrected chi connectivity index (χ0v) is 12.8. The summed E-state index contributed by atoms with van der Waals surface area (Å²) in [5.74, 6) is 1.36. The molecule has 0 amide bonds. The smallest absolute Gasteiger partial charge is 0.119 e. The Hall–Kier alpha value is -2.06. The molecule has 0 aliphatic carbocycles. The van der Waals surface area contributed by atoms with E-state index >= 15 is 0 Å². The highest BCUT2D eigenvalue weighted by atomic mass is 16.5. The largest absolute Gasteiger partial charge is 0.489 e. The molecule has 110 valence electrons. The second kappa shape index (κ2) is 7.65. The summed E-state index contributed by atoms with van der Waals surface area (Å²) in [5, 5.41) is 0. The van der Waals surface area contributed by atoms with Crippen LogP contribution in [0.5, 0.6) is 5.75 Å². The maximum Gasteiger partial charge on any atom is 0.119 e. The molecule has 0 fully saturated rings. The number of rotatable bonds is 6. The first-order valence-electron chi connectivity index (χ1n) is 7.36. The summed E-state index contributed by atoms with van der Waals surface area (Å²) in [6.45, 7) is 5.52. The lowest BCUT2D eigenvalue weighted by atomic mass is 10.0. The topological polar surface area (TPSA) is 35.2 Å². The first kappa shape index (κ1) is 15.3. The lowest BCUT2D eigenvalue weighted by Crippen LogP contribution is -2.08. The second-order valence-electron chi connectivity index (χ2n) is 5.42. The van der Waals surface area contributed by atoms with Crippen molar-refractivity contribution in [2.24, 2.45) is 11.7 Å². The molecule has 2 aromatic carbocycles. The van der Waals surface area contributed by atoms with Gasteiger partial charge in [0.25, 0.3) is 0 Å². The van der Waals surface area contributed by atoms with Crippen LogP contribution in [0, 0.1) is 5.92 Å². The van der Waals surface area contributed by atoms with Crippen molar-refractivity contribution in [2.75, 3.05) is 6.54 Å². The lowest BCUT2D eigenvalue weighted by Gasteiger charge is -2.09. The number of hydrogen-bond acceptors (Lipinski definition) is 2. The summed E-state index contributed by atoms with van der Waals surface area (Å²) >= 11 is 0. The maximum absolute atomic E-state index is 5.78. The molecule has 0 spiro atoms. The van der Waals surface area contributed by atoms with Crippen molar-refractivity contribution in [3.05, 3.63) is 71.3 Å². The number of nitrogens with two attached hydrogens (primary N) is 1. The molecular weight excluding hydrogens is 258 g/mol. The van der Waals surface area contributed by atoms with Gasteiger partial charge in [0.2, 0.25) is 0 Å². The molecule has 2 N–H and O–H groups in total. The van der Waals surface area contributed by atoms with Crippen molar-refractivity contribution in [1.82, 2.24) is 0 Å². The molecule has 0 heterocycles. The van der Waals surface area contributed by atoms with Gasteiger partial charge in [0, 0.05) is 6.54 Å². The molecule has 2 rings (SSSR count). The predicted octanol–water partition coefficient (Wildman–Crippen LogP) is 4.26. The Balaban J connectivity index is 1.99. The van der Waals surface area contributed by atoms with E-state index in [0.29, 0.717) is 19.1 Å². The summed E-state index contributed by atoms with van der Waals surface area (Å²) in [7, 11) is 0. The van der Waals surface area contributed by atoms with E-state index in [2.05, 4.69) is 44.2 Å². The third-order valence-electron chi connectivity index (χ3n) is 3.46. The van der Waals surface area contributed by atoms with Crippen LogP contribution in [0.2, 0.25) is 0 Å². The minimum absolute atomic E-state index is 0.476. The van der Waals surface area contributed by atoms with E-state index in [-0.39, 0.29) is 0 Å². The quantitative estimate of drug-likeness (QED) is 0.858. The van der Waals surface area contributed by atoms with Gasteiger partial charge in [0.1, 0.15) is 12.4 Å². The predicted molar refractivity (Wildman–Crippen MR) is 89.1 cm³/mol. The van der Waals surface area contributed by atoms with Crippen molar-refractivity contribution >= 4 is 6.08 Å². The zero-order chi connectivity index (χ0) is 15.1. The van der Waals surface area contributed by atoms with Crippen LogP contribution in [-0.2, 0) is 6.61 Å². The fourth-order valence-corrected chi connectivity index (χ4v) is 2.08. The Morgan fingerprint density at radius 3 is 2.29 bits per heavy atom. The van der Waals surface area contributed by atoms with Crippen LogP contribution >= 0.6 is 0 Å². The van der Waals surface area contributed by atoms with Gasteiger partial charge in [-0.25, -0.2) is 0 Å². The molecule has 2 aromatic rings. The van der Waals surface area contributed by atoms with Crippen LogP contribution in [0.25, 0.3) is 6.08 Å². The van der Waals surface area contributed by atoms with Gasteiger partial charge in [-0.3, -0.25) is 0 Å². The number of ether oxygens (including phenoxy) is 1. The fraction of sp³-hybridized carbons (Fsp3) is 0.263. The summed E-state index contributed by atoms with van der Waals surface area (Å²) in [6.07, 6.45) is 2.16. The van der Waals surface area contributed by atoms with Crippen LogP contribution in [0.15, 0.2) is 60.2 Å². The number of hydrogen-bond donors (Lipinski definition) is 1. The van der Waals surface area contributed by atoms with Gasteiger partial charge in [-0.05, 0) is 29.2 Å². The standard InChI is InChI=1S/C19H23NO/c1-15(2)18(13-20)12-16-8-10-19(11-9-16)21-14-17-6-4-3-5-7-17/h3-12,15H,13-14,20H2,1-2H3. The van der Waals surface area contributed by atoms with Crippen LogP contribution in [0.3, 0.4) is 0 Å². The van der Waals surface area contributed by atoms with Gasteiger partial charge < -0.3 is 10.5 Å². The van der Waals surface area contributed by atoms with Gasteiger partial charge in [-0.1, -0.05) is 68.0 Å². The third-order valence-corrected chi connectivity index (χ3v) is 3.46. The molecule has 21 heavy (non-hydrogen) atoms. The molecule has 0 aromatic heterocycles. The van der Waals surface area contributed by atoms with Crippen LogP contribution < -0.4 is 10.5 Å². The van der Waals surface area contributed by atoms with E-state index in [4.69, 9.17) is 10.5 Å². The van der Waals surface area contributed by atoms with Crippen LogP contribution in [0.1, 0.15) is 25.0 Å². The summed E-state index contributed by atoms with van der Waals surface area (Å²) in [4.78, 5) is 0. The highest BCUT2D eigenvalue weighted by Gasteiger charge is 2.01. The SMILES string of the molecule is CC(C)C(=Cc1ccc(OCc2ccccc2)cc1)CN. The van der Waals surface area contributed by atoms with Gasteiger partial charge in [0.15, 0.2) is 0 Å². The monoisotopic (exact) mass is 281 g/mol. The van der Waals surface area contributed by atoms with E-state index in [9.17, 15) is 0 Å². The summed E-state index contributed by atoms with van der Waals surface area (Å²) < 4.78 is 5.78. The normalized spacial score (nSPS) is 11.7. The van der Waals surface area contributed by atoms with E-state index in [0.717, 1.165) is 11.3 Å². The molecule has 0 saturated heterocycles. The van der Waals surface area contributed by atoms with E-state index in [1.165, 1.54) is 11.1 Å². The molecule has 0 atom stereocenters. The Morgan fingerprint density at radius 2 is 1.71 bits per heavy atom. The third kappa shape index (κ3) is 4.76. The highest BCUT2D eigenvalue weighted by molar-refractivity contribution is 5.54. The highest BCUT2D eigenvalue weighted by Crippen LogP contribution is 2.18. The Labute approximate surface area is 127 Å². The first-order chi connectivity index (χ1) is 10.2. The average Bonchev–Trinajstić information content (AvgIpc) is 2.52. The molecular formula is C19H23NO. The molecule has 0 unspecified atom stereocenters. The Morgan fingerprint density at radius 1 is 1.05 bits per heavy atom. The van der Waals surface area contributed by atoms with Crippen molar-refractivity contribution in [1.29, 1.82) is 0 Å². The van der Waals surface area contributed by atoms with Gasteiger partial charge in [-0.15, -0.1) is 0 Å².